The highest BCUT2D eigenvalue weighted by Crippen LogP contribution is 2.35. The number of aromatic nitrogens is 1. The first-order valence-corrected chi connectivity index (χ1v) is 12.6. The molecule has 2 aromatic carbocycles. The van der Waals surface area contributed by atoms with Crippen LogP contribution in [0.25, 0.3) is 22.0 Å². The zero-order chi connectivity index (χ0) is 25.3. The Balaban J connectivity index is 1.79. The van der Waals surface area contributed by atoms with Crippen molar-refractivity contribution < 1.29 is 26.4 Å². The molecule has 0 spiro atoms. The van der Waals surface area contributed by atoms with Gasteiger partial charge in [0.05, 0.1) is 10.5 Å². The van der Waals surface area contributed by atoms with Gasteiger partial charge in [0.25, 0.3) is 5.91 Å². The predicted molar refractivity (Wildman–Crippen MR) is 126 cm³/mol. The van der Waals surface area contributed by atoms with Crippen LogP contribution < -0.4 is 10.6 Å². The van der Waals surface area contributed by atoms with E-state index in [9.17, 15) is 13.2 Å². The smallest absolute Gasteiger partial charge is 0.269 e. The Kier molecular flexibility index (Phi) is 7.11. The fourth-order valence-electron chi connectivity index (χ4n) is 4.16. The second-order valence-corrected chi connectivity index (χ2v) is 10.3. The molecule has 3 aromatic rings. The molecule has 1 amide bonds. The van der Waals surface area contributed by atoms with Gasteiger partial charge in [-0.15, -0.1) is 0 Å². The molecule has 1 aliphatic rings. The molecule has 4 rings (SSSR count). The van der Waals surface area contributed by atoms with Crippen molar-refractivity contribution in [1.29, 1.82) is 0 Å². The number of hydrogen-bond acceptors (Lipinski definition) is 5. The minimum absolute atomic E-state index is 0.0444. The first-order chi connectivity index (χ1) is 16.6. The Labute approximate surface area is 201 Å². The van der Waals surface area contributed by atoms with Crippen molar-refractivity contribution in [2.24, 2.45) is 0 Å². The van der Waals surface area contributed by atoms with Gasteiger partial charge < -0.3 is 10.6 Å². The molecule has 1 saturated heterocycles. The number of nitrogens with zero attached hydrogens (tertiary/aromatic N) is 2. The van der Waals surface area contributed by atoms with E-state index in [-0.39, 0.29) is 24.3 Å². The normalized spacial score (nSPS) is 14.5. The number of benzene rings is 2. The van der Waals surface area contributed by atoms with Crippen molar-refractivity contribution in [3.63, 3.8) is 0 Å². The number of hydrogen-bond donors (Lipinski definition) is 2. The minimum Gasteiger partial charge on any atom is -0.349 e. The molecule has 2 heterocycles. The van der Waals surface area contributed by atoms with E-state index in [0.29, 0.717) is 49.0 Å². The Hall–Kier alpha value is -3.02. The van der Waals surface area contributed by atoms with Crippen molar-refractivity contribution in [3.05, 3.63) is 59.0 Å². The van der Waals surface area contributed by atoms with Crippen molar-refractivity contribution >= 4 is 26.8 Å². The van der Waals surface area contributed by atoms with Gasteiger partial charge in [0, 0.05) is 37.1 Å². The fourth-order valence-corrected chi connectivity index (χ4v) is 5.71. The number of carbonyl (C=O) groups is 1. The lowest BCUT2D eigenvalue weighted by Crippen LogP contribution is -2.30. The van der Waals surface area contributed by atoms with Gasteiger partial charge >= 0.3 is 0 Å². The number of pyridine rings is 1. The molecule has 0 aliphatic carbocycles. The van der Waals surface area contributed by atoms with Gasteiger partial charge in [0.1, 0.15) is 22.8 Å². The number of rotatable bonds is 7. The molecule has 1 aliphatic heterocycles. The van der Waals surface area contributed by atoms with Crippen molar-refractivity contribution in [2.75, 3.05) is 33.2 Å². The third-order valence-corrected chi connectivity index (χ3v) is 7.88. The molecule has 0 radical (unpaired) electrons. The van der Waals surface area contributed by atoms with Crippen LogP contribution in [0.4, 0.5) is 13.2 Å². The number of sulfonamides is 1. The van der Waals surface area contributed by atoms with Crippen molar-refractivity contribution in [3.8, 4) is 11.1 Å². The van der Waals surface area contributed by atoms with Crippen LogP contribution in [0.2, 0.25) is 0 Å². The van der Waals surface area contributed by atoms with Crippen LogP contribution in [-0.4, -0.2) is 56.8 Å². The summed E-state index contributed by atoms with van der Waals surface area (Å²) in [6, 6.07) is 5.68. The van der Waals surface area contributed by atoms with E-state index < -0.39 is 49.4 Å². The van der Waals surface area contributed by atoms with Gasteiger partial charge in [-0.3, -0.25) is 4.79 Å². The summed E-state index contributed by atoms with van der Waals surface area (Å²) in [5.74, 6) is -3.94. The molecule has 1 aromatic heterocycles. The molecule has 0 unspecified atom stereocenters. The van der Waals surface area contributed by atoms with Crippen molar-refractivity contribution in [1.82, 2.24) is 19.9 Å². The largest absolute Gasteiger partial charge is 0.349 e. The van der Waals surface area contributed by atoms with Crippen LogP contribution in [-0.2, 0) is 10.0 Å². The Morgan fingerprint density at radius 3 is 2.34 bits per heavy atom. The quantitative estimate of drug-likeness (QED) is 0.480. The Morgan fingerprint density at radius 1 is 1.06 bits per heavy atom. The number of likely N-dealkylation sites (N-methyl/N-ethyl adjacent to an activating group) is 1. The summed E-state index contributed by atoms with van der Waals surface area (Å²) < 4.78 is 72.5. The zero-order valence-electron chi connectivity index (χ0n) is 19.3. The lowest BCUT2D eigenvalue weighted by molar-refractivity contribution is 0.0949. The van der Waals surface area contributed by atoms with Gasteiger partial charge in [-0.2, -0.15) is 4.31 Å². The van der Waals surface area contributed by atoms with Gasteiger partial charge in [0.2, 0.25) is 10.0 Å². The summed E-state index contributed by atoms with van der Waals surface area (Å²) in [6.07, 6.45) is 1.35. The highest BCUT2D eigenvalue weighted by atomic mass is 32.2. The third kappa shape index (κ3) is 4.75. The monoisotopic (exact) mass is 506 g/mol. The highest BCUT2D eigenvalue weighted by Gasteiger charge is 2.30. The van der Waals surface area contributed by atoms with Crippen LogP contribution in [0.3, 0.4) is 0 Å². The molecule has 1 fully saturated rings. The van der Waals surface area contributed by atoms with Gasteiger partial charge in [-0.05, 0) is 56.6 Å². The van der Waals surface area contributed by atoms with Gasteiger partial charge in [-0.1, -0.05) is 6.07 Å². The summed E-state index contributed by atoms with van der Waals surface area (Å²) in [7, 11) is -2.33. The maximum Gasteiger partial charge on any atom is 0.269 e. The molecular weight excluding hydrogens is 481 g/mol. The lowest BCUT2D eigenvalue weighted by atomic mass is 9.98. The van der Waals surface area contributed by atoms with Crippen LogP contribution in [0.1, 0.15) is 28.9 Å². The van der Waals surface area contributed by atoms with Crippen LogP contribution >= 0.6 is 0 Å². The van der Waals surface area contributed by atoms with E-state index >= 15 is 13.2 Å². The number of nitrogens with one attached hydrogen (secondary N) is 2. The second-order valence-electron chi connectivity index (χ2n) is 8.38. The Morgan fingerprint density at radius 2 is 1.71 bits per heavy atom. The SMILES string of the molecule is CNCCNC(=O)c1ccc2c(C)cc(-c3c(F)cc(S(=O)(=O)N4CCCC4)cc3F)c(F)c2n1. The number of aryl methyl sites for hydroxylation is 1. The first kappa shape index (κ1) is 25.1. The van der Waals surface area contributed by atoms with Crippen LogP contribution in [0.5, 0.6) is 0 Å². The second kappa shape index (κ2) is 9.92. The lowest BCUT2D eigenvalue weighted by Gasteiger charge is -2.17. The fraction of sp³-hybridized carbons (Fsp3) is 0.333. The van der Waals surface area contributed by atoms with Gasteiger partial charge in [0.15, 0.2) is 5.82 Å². The van der Waals surface area contributed by atoms with E-state index in [1.54, 1.807) is 14.0 Å². The van der Waals surface area contributed by atoms with Crippen LogP contribution in [0.15, 0.2) is 35.2 Å². The molecule has 186 valence electrons. The summed E-state index contributed by atoms with van der Waals surface area (Å²) in [5, 5.41) is 5.90. The van der Waals surface area contributed by atoms with E-state index in [2.05, 4.69) is 15.6 Å². The maximum atomic E-state index is 15.6. The first-order valence-electron chi connectivity index (χ1n) is 11.2. The molecule has 0 bridgehead atoms. The average Bonchev–Trinajstić information content (AvgIpc) is 3.37. The average molecular weight is 507 g/mol. The number of amides is 1. The number of halogens is 3. The number of carbonyl (C=O) groups excluding carboxylic acids is 1. The van der Waals surface area contributed by atoms with E-state index in [1.165, 1.54) is 22.5 Å². The molecule has 0 saturated carbocycles. The van der Waals surface area contributed by atoms with E-state index in [1.807, 2.05) is 0 Å². The summed E-state index contributed by atoms with van der Waals surface area (Å²) >= 11 is 0. The molecule has 7 nitrogen and oxygen atoms in total. The Bertz CT molecular complexity index is 1380. The summed E-state index contributed by atoms with van der Waals surface area (Å²) in [5.41, 5.74) is -0.876. The van der Waals surface area contributed by atoms with Gasteiger partial charge in [-0.25, -0.2) is 26.6 Å². The molecular formula is C24H25F3N4O3S. The molecule has 35 heavy (non-hydrogen) atoms. The molecule has 11 heteroatoms. The highest BCUT2D eigenvalue weighted by molar-refractivity contribution is 7.89. The molecule has 0 atom stereocenters. The zero-order valence-corrected chi connectivity index (χ0v) is 20.1. The standard InChI is InChI=1S/C24H25F3N4O3S/c1-14-11-17(22(27)23-16(14)5-6-20(30-23)24(32)29-8-7-28-2)21-18(25)12-15(13-19(21)26)35(33,34)31-9-3-4-10-31/h5-6,11-13,28H,3-4,7-10H2,1-2H3,(H,29,32). The minimum atomic E-state index is -4.06. The number of fused-ring (bicyclic) bond motifs is 1. The molecule has 2 N–H and O–H groups in total. The predicted octanol–water partition coefficient (Wildman–Crippen LogP) is 3.36. The summed E-state index contributed by atoms with van der Waals surface area (Å²) in [6.45, 7) is 3.05. The summed E-state index contributed by atoms with van der Waals surface area (Å²) in [4.78, 5) is 16.0. The van der Waals surface area contributed by atoms with Crippen LogP contribution in [0, 0.1) is 24.4 Å². The van der Waals surface area contributed by atoms with E-state index in [4.69, 9.17) is 0 Å². The third-order valence-electron chi connectivity index (χ3n) is 6.01. The maximum absolute atomic E-state index is 15.6. The topological polar surface area (TPSA) is 91.4 Å². The van der Waals surface area contributed by atoms with Crippen molar-refractivity contribution in [2.45, 2.75) is 24.7 Å². The van der Waals surface area contributed by atoms with E-state index in [0.717, 1.165) is 0 Å².